The van der Waals surface area contributed by atoms with Gasteiger partial charge in [-0.05, 0) is 52.0 Å². The number of carbonyl (C=O) groups is 2. The summed E-state index contributed by atoms with van der Waals surface area (Å²) in [5.74, 6) is 0.608. The number of para-hydroxylation sites is 1. The third-order valence-electron chi connectivity index (χ3n) is 5.41. The highest BCUT2D eigenvalue weighted by Crippen LogP contribution is 2.40. The van der Waals surface area contributed by atoms with Crippen LogP contribution in [0.3, 0.4) is 0 Å². The number of hydrogen-bond acceptors (Lipinski definition) is 5. The van der Waals surface area contributed by atoms with Gasteiger partial charge in [0.1, 0.15) is 11.5 Å². The van der Waals surface area contributed by atoms with E-state index in [9.17, 15) is 9.59 Å². The molecule has 0 N–H and O–H groups in total. The lowest BCUT2D eigenvalue weighted by molar-refractivity contribution is -0.150. The number of aryl methyl sites for hydroxylation is 1. The van der Waals surface area contributed by atoms with Crippen molar-refractivity contribution in [2.75, 3.05) is 6.61 Å². The Bertz CT molecular complexity index is 1200. The van der Waals surface area contributed by atoms with Gasteiger partial charge in [0.25, 0.3) is 0 Å². The van der Waals surface area contributed by atoms with Gasteiger partial charge in [0.05, 0.1) is 12.2 Å². The van der Waals surface area contributed by atoms with Crippen molar-refractivity contribution in [3.05, 3.63) is 65.0 Å². The van der Waals surface area contributed by atoms with Gasteiger partial charge < -0.3 is 18.8 Å². The van der Waals surface area contributed by atoms with Gasteiger partial charge in [-0.25, -0.2) is 4.79 Å². The normalized spacial score (nSPS) is 15.1. The zero-order chi connectivity index (χ0) is 22.1. The number of benzene rings is 2. The number of allylic oxidation sites excluding steroid dienone is 1. The molecule has 0 aliphatic carbocycles. The molecule has 4 rings (SSSR count). The van der Waals surface area contributed by atoms with Gasteiger partial charge in [-0.3, -0.25) is 4.79 Å². The van der Waals surface area contributed by atoms with Gasteiger partial charge in [-0.2, -0.15) is 0 Å². The first kappa shape index (κ1) is 20.7. The van der Waals surface area contributed by atoms with Crippen LogP contribution in [-0.4, -0.2) is 29.0 Å². The number of ether oxygens (including phenoxy) is 3. The number of hydrogen-bond donors (Lipinski definition) is 0. The lowest BCUT2D eigenvalue weighted by Gasteiger charge is -2.16. The lowest BCUT2D eigenvalue weighted by Crippen LogP contribution is -2.26. The number of rotatable bonds is 6. The number of nitrogens with zero attached hydrogens (tertiary/aromatic N) is 1. The van der Waals surface area contributed by atoms with Crippen molar-refractivity contribution < 1.29 is 23.8 Å². The third-order valence-corrected chi connectivity index (χ3v) is 5.41. The van der Waals surface area contributed by atoms with Gasteiger partial charge in [-0.15, -0.1) is 0 Å². The van der Waals surface area contributed by atoms with Crippen LogP contribution < -0.4 is 9.47 Å². The van der Waals surface area contributed by atoms with Gasteiger partial charge in [0, 0.05) is 34.8 Å². The lowest BCUT2D eigenvalue weighted by atomic mass is 10.1. The Morgan fingerprint density at radius 2 is 1.97 bits per heavy atom. The molecule has 6 nitrogen and oxygen atoms in total. The molecule has 0 radical (unpaired) electrons. The third kappa shape index (κ3) is 3.69. The van der Waals surface area contributed by atoms with Crippen molar-refractivity contribution in [3.8, 4) is 11.5 Å². The van der Waals surface area contributed by atoms with E-state index in [-0.39, 0.29) is 18.1 Å². The number of esters is 1. The highest BCUT2D eigenvalue weighted by atomic mass is 16.6. The topological polar surface area (TPSA) is 66.8 Å². The Morgan fingerprint density at radius 1 is 1.19 bits per heavy atom. The summed E-state index contributed by atoms with van der Waals surface area (Å²) in [5.41, 5.74) is 3.19. The van der Waals surface area contributed by atoms with Crippen molar-refractivity contribution in [2.24, 2.45) is 0 Å². The molecule has 0 amide bonds. The molecule has 1 unspecified atom stereocenters. The summed E-state index contributed by atoms with van der Waals surface area (Å²) in [6, 6.07) is 11.4. The van der Waals surface area contributed by atoms with Crippen LogP contribution in [0.5, 0.6) is 11.5 Å². The maximum atomic E-state index is 13.0. The average molecular weight is 419 g/mol. The summed E-state index contributed by atoms with van der Waals surface area (Å²) in [7, 11) is 0. The van der Waals surface area contributed by atoms with Gasteiger partial charge >= 0.3 is 5.97 Å². The minimum atomic E-state index is -0.760. The Kier molecular flexibility index (Phi) is 5.55. The van der Waals surface area contributed by atoms with Gasteiger partial charge in [0.15, 0.2) is 11.9 Å². The Morgan fingerprint density at radius 3 is 2.71 bits per heavy atom. The van der Waals surface area contributed by atoms with Crippen LogP contribution in [0.2, 0.25) is 0 Å². The smallest absolute Gasteiger partial charge is 0.347 e. The van der Waals surface area contributed by atoms with E-state index in [4.69, 9.17) is 14.2 Å². The van der Waals surface area contributed by atoms with Crippen LogP contribution >= 0.6 is 0 Å². The van der Waals surface area contributed by atoms with Crippen LogP contribution in [0.1, 0.15) is 42.3 Å². The highest BCUT2D eigenvalue weighted by molar-refractivity contribution is 6.15. The fraction of sp³-hybridized carbons (Fsp3) is 0.280. The van der Waals surface area contributed by atoms with Gasteiger partial charge in [0.2, 0.25) is 5.78 Å². The summed E-state index contributed by atoms with van der Waals surface area (Å²) in [4.78, 5) is 24.9. The van der Waals surface area contributed by atoms with E-state index in [2.05, 4.69) is 17.6 Å². The number of fused-ring (bicyclic) bond motifs is 2. The van der Waals surface area contributed by atoms with Crippen LogP contribution in [0.4, 0.5) is 0 Å². The molecule has 1 aromatic heterocycles. The molecule has 3 aromatic rings. The maximum Gasteiger partial charge on any atom is 0.347 e. The van der Waals surface area contributed by atoms with Crippen LogP contribution in [-0.2, 0) is 16.1 Å². The number of ketones is 1. The van der Waals surface area contributed by atoms with Crippen molar-refractivity contribution in [2.45, 2.75) is 40.3 Å². The first-order chi connectivity index (χ1) is 14.9. The molecule has 2 aromatic carbocycles. The zero-order valence-electron chi connectivity index (χ0n) is 18.1. The Balaban J connectivity index is 1.66. The van der Waals surface area contributed by atoms with Crippen molar-refractivity contribution in [1.29, 1.82) is 0 Å². The van der Waals surface area contributed by atoms with E-state index in [0.717, 1.165) is 23.0 Å². The van der Waals surface area contributed by atoms with Crippen molar-refractivity contribution >= 4 is 28.7 Å². The number of aromatic nitrogens is 1. The predicted molar refractivity (Wildman–Crippen MR) is 118 cm³/mol. The average Bonchev–Trinajstić information content (AvgIpc) is 3.29. The molecule has 0 fully saturated rings. The van der Waals surface area contributed by atoms with Crippen molar-refractivity contribution in [1.82, 2.24) is 4.57 Å². The predicted octanol–water partition coefficient (Wildman–Crippen LogP) is 4.92. The first-order valence-corrected chi connectivity index (χ1v) is 10.4. The van der Waals surface area contributed by atoms with Crippen LogP contribution in [0.25, 0.3) is 17.0 Å². The molecule has 2 heterocycles. The maximum absolute atomic E-state index is 13.0. The Labute approximate surface area is 181 Å². The van der Waals surface area contributed by atoms with E-state index >= 15 is 0 Å². The fourth-order valence-corrected chi connectivity index (χ4v) is 3.79. The minimum Gasteiger partial charge on any atom is -0.479 e. The van der Waals surface area contributed by atoms with E-state index in [1.165, 1.54) is 0 Å². The summed E-state index contributed by atoms with van der Waals surface area (Å²) in [6.07, 6.45) is 3.06. The summed E-state index contributed by atoms with van der Waals surface area (Å²) >= 11 is 0. The molecular weight excluding hydrogens is 394 g/mol. The molecule has 0 saturated carbocycles. The second-order valence-electron chi connectivity index (χ2n) is 7.40. The van der Waals surface area contributed by atoms with Crippen LogP contribution in [0, 0.1) is 6.92 Å². The quantitative estimate of drug-likeness (QED) is 0.419. The Hall–Kier alpha value is -3.54. The van der Waals surface area contributed by atoms with E-state index in [1.54, 1.807) is 32.1 Å². The monoisotopic (exact) mass is 419 g/mol. The molecular formula is C25H25NO5. The van der Waals surface area contributed by atoms with Crippen molar-refractivity contribution in [3.63, 3.8) is 0 Å². The fourth-order valence-electron chi connectivity index (χ4n) is 3.79. The first-order valence-electron chi connectivity index (χ1n) is 10.4. The SMILES string of the molecule is CCOC(=O)C(C)Oc1ccc2c(c1C)O/C(=C\c1cn(CC)c3ccccc13)C2=O. The second-order valence-corrected chi connectivity index (χ2v) is 7.40. The molecule has 6 heteroatoms. The molecule has 0 spiro atoms. The molecule has 0 bridgehead atoms. The summed E-state index contributed by atoms with van der Waals surface area (Å²) in [6.45, 7) is 8.39. The summed E-state index contributed by atoms with van der Waals surface area (Å²) in [5, 5.41) is 1.06. The second kappa shape index (κ2) is 8.30. The molecule has 0 saturated heterocycles. The zero-order valence-corrected chi connectivity index (χ0v) is 18.1. The largest absolute Gasteiger partial charge is 0.479 e. The molecule has 31 heavy (non-hydrogen) atoms. The van der Waals surface area contributed by atoms with Gasteiger partial charge in [-0.1, -0.05) is 18.2 Å². The summed E-state index contributed by atoms with van der Waals surface area (Å²) < 4.78 is 18.9. The molecule has 1 aliphatic rings. The van der Waals surface area contributed by atoms with E-state index < -0.39 is 12.1 Å². The highest BCUT2D eigenvalue weighted by Gasteiger charge is 2.31. The number of carbonyl (C=O) groups excluding carboxylic acids is 2. The van der Waals surface area contributed by atoms with E-state index in [0.29, 0.717) is 22.6 Å². The standard InChI is InChI=1S/C25H25NO5/c1-5-26-14-17(18-9-7-8-10-20(18)26)13-22-23(27)19-11-12-21(15(3)24(19)31-22)30-16(4)25(28)29-6-2/h7-14,16H,5-6H2,1-4H3/b22-13-. The molecule has 1 atom stereocenters. The van der Waals surface area contributed by atoms with Crippen LogP contribution in [0.15, 0.2) is 48.4 Å². The number of Topliss-reactive ketones (excluding diaryl/α,β-unsaturated/α-hetero) is 1. The molecule has 1 aliphatic heterocycles. The van der Waals surface area contributed by atoms with E-state index in [1.807, 2.05) is 31.3 Å². The minimum absolute atomic E-state index is 0.170. The molecule has 160 valence electrons.